The highest BCUT2D eigenvalue weighted by atomic mass is 15.1. The summed E-state index contributed by atoms with van der Waals surface area (Å²) in [7, 11) is 0. The van der Waals surface area contributed by atoms with Crippen LogP contribution in [0, 0.1) is 6.92 Å². The van der Waals surface area contributed by atoms with Crippen molar-refractivity contribution in [1.82, 2.24) is 19.9 Å². The maximum absolute atomic E-state index is 4.77. The Hall–Kier alpha value is -2.20. The Morgan fingerprint density at radius 3 is 2.92 bits per heavy atom. The Bertz CT molecular complexity index is 878. The third-order valence-electron chi connectivity index (χ3n) is 4.96. The number of rotatable bonds is 3. The van der Waals surface area contributed by atoms with Crippen LogP contribution in [0.1, 0.15) is 48.1 Å². The summed E-state index contributed by atoms with van der Waals surface area (Å²) in [4.78, 5) is 15.3. The van der Waals surface area contributed by atoms with Crippen LogP contribution in [0.15, 0.2) is 30.5 Å². The number of aromatic amines is 1. The highest BCUT2D eigenvalue weighted by Crippen LogP contribution is 2.26. The minimum absolute atomic E-state index is 0.391. The minimum atomic E-state index is 0.391. The molecule has 0 atom stereocenters. The van der Waals surface area contributed by atoms with Crippen molar-refractivity contribution in [2.75, 3.05) is 6.54 Å². The SMILES string of the molecule is Cc1[nH]c2ccccc2c1CN1CCc2nc(C(C)C)ncc2C1. The van der Waals surface area contributed by atoms with Gasteiger partial charge in [-0.25, -0.2) is 9.97 Å². The van der Waals surface area contributed by atoms with Crippen molar-refractivity contribution in [3.63, 3.8) is 0 Å². The number of aromatic nitrogens is 3. The fraction of sp³-hybridized carbons (Fsp3) is 0.400. The largest absolute Gasteiger partial charge is 0.358 e. The standard InChI is InChI=1S/C20H24N4/c1-13(2)20-21-10-15-11-24(9-8-18(15)23-20)12-17-14(3)22-19-7-5-4-6-16(17)19/h4-7,10,13,22H,8-9,11-12H2,1-3H3. The molecule has 124 valence electrons. The second-order valence-corrected chi connectivity index (χ2v) is 7.09. The number of H-pyrrole nitrogens is 1. The molecule has 0 saturated heterocycles. The number of nitrogens with zero attached hydrogens (tertiary/aromatic N) is 3. The van der Waals surface area contributed by atoms with E-state index in [1.165, 1.54) is 33.4 Å². The van der Waals surface area contributed by atoms with Gasteiger partial charge in [0.15, 0.2) is 0 Å². The summed E-state index contributed by atoms with van der Waals surface area (Å²) in [6, 6.07) is 8.57. The van der Waals surface area contributed by atoms with E-state index in [9.17, 15) is 0 Å². The quantitative estimate of drug-likeness (QED) is 0.795. The van der Waals surface area contributed by atoms with Gasteiger partial charge in [0, 0.05) is 66.0 Å². The summed E-state index contributed by atoms with van der Waals surface area (Å²) in [5, 5.41) is 1.34. The molecule has 0 spiro atoms. The van der Waals surface area contributed by atoms with Crippen LogP contribution in [-0.2, 0) is 19.5 Å². The van der Waals surface area contributed by atoms with Crippen LogP contribution in [0.4, 0.5) is 0 Å². The van der Waals surface area contributed by atoms with Crippen molar-refractivity contribution in [3.8, 4) is 0 Å². The molecular weight excluding hydrogens is 296 g/mol. The van der Waals surface area contributed by atoms with E-state index >= 15 is 0 Å². The maximum atomic E-state index is 4.77. The maximum Gasteiger partial charge on any atom is 0.131 e. The number of hydrogen-bond donors (Lipinski definition) is 1. The van der Waals surface area contributed by atoms with Gasteiger partial charge in [-0.1, -0.05) is 32.0 Å². The van der Waals surface area contributed by atoms with Crippen LogP contribution in [0.3, 0.4) is 0 Å². The van der Waals surface area contributed by atoms with Crippen LogP contribution < -0.4 is 0 Å². The molecule has 0 unspecified atom stereocenters. The summed E-state index contributed by atoms with van der Waals surface area (Å²) >= 11 is 0. The van der Waals surface area contributed by atoms with Gasteiger partial charge in [-0.05, 0) is 18.6 Å². The lowest BCUT2D eigenvalue weighted by atomic mass is 10.0. The fourth-order valence-corrected chi connectivity index (χ4v) is 3.57. The molecule has 0 aliphatic carbocycles. The second-order valence-electron chi connectivity index (χ2n) is 7.09. The lowest BCUT2D eigenvalue weighted by Gasteiger charge is -2.28. The molecule has 4 rings (SSSR count). The van der Waals surface area contributed by atoms with Crippen LogP contribution in [0.5, 0.6) is 0 Å². The van der Waals surface area contributed by atoms with Gasteiger partial charge in [-0.3, -0.25) is 4.90 Å². The van der Waals surface area contributed by atoms with E-state index in [0.717, 1.165) is 31.9 Å². The zero-order valence-corrected chi connectivity index (χ0v) is 14.6. The van der Waals surface area contributed by atoms with Crippen LogP contribution >= 0.6 is 0 Å². The average molecular weight is 320 g/mol. The third kappa shape index (κ3) is 2.71. The first-order chi connectivity index (χ1) is 11.6. The smallest absolute Gasteiger partial charge is 0.131 e. The second kappa shape index (κ2) is 6.02. The van der Waals surface area contributed by atoms with Gasteiger partial charge < -0.3 is 4.98 Å². The van der Waals surface area contributed by atoms with E-state index in [1.54, 1.807) is 0 Å². The number of benzene rings is 1. The van der Waals surface area contributed by atoms with Crippen LogP contribution in [-0.4, -0.2) is 26.4 Å². The zero-order chi connectivity index (χ0) is 16.7. The van der Waals surface area contributed by atoms with Gasteiger partial charge in [-0.15, -0.1) is 0 Å². The Labute approximate surface area is 142 Å². The molecule has 1 N–H and O–H groups in total. The molecular formula is C20H24N4. The molecule has 4 heteroatoms. The van der Waals surface area contributed by atoms with Gasteiger partial charge in [0.1, 0.15) is 5.82 Å². The van der Waals surface area contributed by atoms with Crippen molar-refractivity contribution >= 4 is 10.9 Å². The highest BCUT2D eigenvalue weighted by molar-refractivity contribution is 5.84. The van der Waals surface area contributed by atoms with Gasteiger partial charge in [0.25, 0.3) is 0 Å². The lowest BCUT2D eigenvalue weighted by Crippen LogP contribution is -2.31. The first-order valence-electron chi connectivity index (χ1n) is 8.75. The van der Waals surface area contributed by atoms with Crippen molar-refractivity contribution in [3.05, 3.63) is 58.8 Å². The van der Waals surface area contributed by atoms with E-state index in [4.69, 9.17) is 4.98 Å². The van der Waals surface area contributed by atoms with Crippen molar-refractivity contribution in [2.24, 2.45) is 0 Å². The molecule has 0 radical (unpaired) electrons. The predicted octanol–water partition coefficient (Wildman–Crippen LogP) is 3.95. The van der Waals surface area contributed by atoms with E-state index in [1.807, 2.05) is 6.20 Å². The zero-order valence-electron chi connectivity index (χ0n) is 14.6. The normalized spacial score (nSPS) is 15.2. The van der Waals surface area contributed by atoms with E-state index in [0.29, 0.717) is 5.92 Å². The van der Waals surface area contributed by atoms with Crippen LogP contribution in [0.2, 0.25) is 0 Å². The molecule has 3 aromatic rings. The van der Waals surface area contributed by atoms with Gasteiger partial charge in [0.05, 0.1) is 0 Å². The van der Waals surface area contributed by atoms with Crippen molar-refractivity contribution in [2.45, 2.75) is 46.2 Å². The Kier molecular flexibility index (Phi) is 3.85. The number of nitrogens with one attached hydrogen (secondary N) is 1. The van der Waals surface area contributed by atoms with Gasteiger partial charge in [-0.2, -0.15) is 0 Å². The summed E-state index contributed by atoms with van der Waals surface area (Å²) < 4.78 is 0. The number of para-hydroxylation sites is 1. The summed E-state index contributed by atoms with van der Waals surface area (Å²) in [6.45, 7) is 9.44. The number of hydrogen-bond acceptors (Lipinski definition) is 3. The van der Waals surface area contributed by atoms with Crippen LogP contribution in [0.25, 0.3) is 10.9 Å². The molecule has 0 fully saturated rings. The van der Waals surface area contributed by atoms with E-state index in [-0.39, 0.29) is 0 Å². The number of fused-ring (bicyclic) bond motifs is 2. The summed E-state index contributed by atoms with van der Waals surface area (Å²) in [6.07, 6.45) is 3.05. The van der Waals surface area contributed by atoms with Crippen molar-refractivity contribution in [1.29, 1.82) is 0 Å². The fourth-order valence-electron chi connectivity index (χ4n) is 3.57. The molecule has 1 aliphatic rings. The molecule has 0 saturated carbocycles. The molecule has 1 aromatic carbocycles. The topological polar surface area (TPSA) is 44.8 Å². The summed E-state index contributed by atoms with van der Waals surface area (Å²) in [5.41, 5.74) is 6.43. The molecule has 0 amide bonds. The van der Waals surface area contributed by atoms with Gasteiger partial charge >= 0.3 is 0 Å². The highest BCUT2D eigenvalue weighted by Gasteiger charge is 2.20. The molecule has 24 heavy (non-hydrogen) atoms. The summed E-state index contributed by atoms with van der Waals surface area (Å²) in [5.74, 6) is 1.36. The van der Waals surface area contributed by atoms with Crippen molar-refractivity contribution < 1.29 is 0 Å². The third-order valence-corrected chi connectivity index (χ3v) is 4.96. The molecule has 4 nitrogen and oxygen atoms in total. The lowest BCUT2D eigenvalue weighted by molar-refractivity contribution is 0.243. The Balaban J connectivity index is 1.58. The average Bonchev–Trinajstić information content (AvgIpc) is 2.90. The molecule has 2 aromatic heterocycles. The monoisotopic (exact) mass is 320 g/mol. The molecule has 0 bridgehead atoms. The molecule has 1 aliphatic heterocycles. The first-order valence-corrected chi connectivity index (χ1v) is 8.75. The molecule has 3 heterocycles. The predicted molar refractivity (Wildman–Crippen MR) is 97.0 cm³/mol. The van der Waals surface area contributed by atoms with E-state index < -0.39 is 0 Å². The number of aryl methyl sites for hydroxylation is 1. The van der Waals surface area contributed by atoms with E-state index in [2.05, 4.69) is 59.9 Å². The first kappa shape index (κ1) is 15.3. The Morgan fingerprint density at radius 1 is 1.25 bits per heavy atom. The van der Waals surface area contributed by atoms with Gasteiger partial charge in [0.2, 0.25) is 0 Å². The Morgan fingerprint density at radius 2 is 2.08 bits per heavy atom. The minimum Gasteiger partial charge on any atom is -0.358 e.